The number of benzene rings is 1. The van der Waals surface area contributed by atoms with Gasteiger partial charge in [-0.1, -0.05) is 12.1 Å². The number of carbonyl (C=O) groups is 3. The van der Waals surface area contributed by atoms with E-state index in [2.05, 4.69) is 9.97 Å². The molecular formula is C21H22N4O5. The molecule has 30 heavy (non-hydrogen) atoms. The minimum atomic E-state index is -0.296. The average molecular weight is 410 g/mol. The van der Waals surface area contributed by atoms with Crippen LogP contribution in [-0.2, 0) is 4.79 Å². The maximum Gasteiger partial charge on any atom is 0.278 e. The summed E-state index contributed by atoms with van der Waals surface area (Å²) in [4.78, 5) is 48.4. The molecule has 0 spiro atoms. The molecule has 1 unspecified atom stereocenters. The molecule has 1 atom stereocenters. The van der Waals surface area contributed by atoms with Crippen LogP contribution >= 0.6 is 0 Å². The molecule has 0 bridgehead atoms. The van der Waals surface area contributed by atoms with Gasteiger partial charge < -0.3 is 14.4 Å². The summed E-state index contributed by atoms with van der Waals surface area (Å²) < 4.78 is 11.0. The van der Waals surface area contributed by atoms with Gasteiger partial charge in [-0.3, -0.25) is 19.3 Å². The number of nitrogens with zero attached hydrogens (tertiary/aromatic N) is 4. The van der Waals surface area contributed by atoms with Crippen LogP contribution in [0.1, 0.15) is 40.0 Å². The molecule has 0 N–H and O–H groups in total. The van der Waals surface area contributed by atoms with E-state index in [1.807, 2.05) is 0 Å². The molecule has 0 radical (unpaired) electrons. The van der Waals surface area contributed by atoms with E-state index in [0.29, 0.717) is 48.8 Å². The number of rotatable bonds is 7. The highest BCUT2D eigenvalue weighted by molar-refractivity contribution is 6.21. The van der Waals surface area contributed by atoms with Crippen LogP contribution in [-0.4, -0.2) is 70.3 Å². The summed E-state index contributed by atoms with van der Waals surface area (Å²) in [6, 6.07) is 6.77. The van der Waals surface area contributed by atoms with Gasteiger partial charge in [-0.05, 0) is 18.6 Å². The molecule has 1 aromatic carbocycles. The Morgan fingerprint density at radius 2 is 1.77 bits per heavy atom. The Kier molecular flexibility index (Phi) is 5.60. The fourth-order valence-electron chi connectivity index (χ4n) is 3.73. The molecule has 1 saturated heterocycles. The summed E-state index contributed by atoms with van der Waals surface area (Å²) in [6.45, 7) is 1.26. The molecule has 3 heterocycles. The van der Waals surface area contributed by atoms with Crippen molar-refractivity contribution in [3.63, 3.8) is 0 Å². The Labute approximate surface area is 173 Å². The molecule has 0 saturated carbocycles. The quantitative estimate of drug-likeness (QED) is 0.638. The minimum Gasteiger partial charge on any atom is -0.477 e. The summed E-state index contributed by atoms with van der Waals surface area (Å²) >= 11 is 0. The Morgan fingerprint density at radius 1 is 1.10 bits per heavy atom. The lowest BCUT2D eigenvalue weighted by molar-refractivity contribution is -0.130. The highest BCUT2D eigenvalue weighted by atomic mass is 16.5. The van der Waals surface area contributed by atoms with Crippen LogP contribution in [0.15, 0.2) is 36.7 Å². The van der Waals surface area contributed by atoms with E-state index in [1.165, 1.54) is 24.4 Å². The third-order valence-corrected chi connectivity index (χ3v) is 5.25. The highest BCUT2D eigenvalue weighted by Gasteiger charge is 2.35. The smallest absolute Gasteiger partial charge is 0.278 e. The van der Waals surface area contributed by atoms with Crippen LogP contribution in [0.4, 0.5) is 0 Å². The summed E-state index contributed by atoms with van der Waals surface area (Å²) in [5.41, 5.74) is 0.848. The van der Waals surface area contributed by atoms with Gasteiger partial charge in [0, 0.05) is 38.3 Å². The zero-order valence-corrected chi connectivity index (χ0v) is 16.6. The number of aromatic nitrogens is 2. The zero-order chi connectivity index (χ0) is 21.1. The van der Waals surface area contributed by atoms with Gasteiger partial charge in [-0.2, -0.15) is 0 Å². The number of amides is 3. The van der Waals surface area contributed by atoms with Crippen molar-refractivity contribution in [1.82, 2.24) is 19.8 Å². The number of ether oxygens (including phenoxy) is 2. The molecule has 4 rings (SSSR count). The fraction of sp³-hybridized carbons (Fsp3) is 0.381. The second-order valence-corrected chi connectivity index (χ2v) is 7.15. The predicted molar refractivity (Wildman–Crippen MR) is 105 cm³/mol. The van der Waals surface area contributed by atoms with Gasteiger partial charge in [0.1, 0.15) is 6.10 Å². The first kappa shape index (κ1) is 19.8. The first-order chi connectivity index (χ1) is 14.6. The summed E-state index contributed by atoms with van der Waals surface area (Å²) in [5.74, 6) is 0.00294. The Balaban J connectivity index is 1.26. The van der Waals surface area contributed by atoms with Gasteiger partial charge in [0.15, 0.2) is 0 Å². The van der Waals surface area contributed by atoms with Crippen molar-refractivity contribution in [2.24, 2.45) is 0 Å². The predicted octanol–water partition coefficient (Wildman–Crippen LogP) is 1.54. The van der Waals surface area contributed by atoms with Crippen molar-refractivity contribution < 1.29 is 23.9 Å². The normalized spacial score (nSPS) is 18.0. The molecule has 2 aliphatic heterocycles. The van der Waals surface area contributed by atoms with E-state index in [9.17, 15) is 14.4 Å². The number of imide groups is 1. The van der Waals surface area contributed by atoms with Crippen molar-refractivity contribution in [1.29, 1.82) is 0 Å². The molecule has 9 heteroatoms. The Bertz CT molecular complexity index is 944. The first-order valence-corrected chi connectivity index (χ1v) is 9.83. The van der Waals surface area contributed by atoms with Crippen LogP contribution in [0, 0.1) is 0 Å². The second kappa shape index (κ2) is 8.48. The first-order valence-electron chi connectivity index (χ1n) is 9.83. The van der Waals surface area contributed by atoms with Gasteiger partial charge >= 0.3 is 0 Å². The molecule has 1 aromatic heterocycles. The third kappa shape index (κ3) is 3.83. The van der Waals surface area contributed by atoms with Crippen molar-refractivity contribution in [3.8, 4) is 11.8 Å². The van der Waals surface area contributed by atoms with E-state index >= 15 is 0 Å². The lowest BCUT2D eigenvalue weighted by atomic mass is 10.1. The molecule has 9 nitrogen and oxygen atoms in total. The van der Waals surface area contributed by atoms with Crippen molar-refractivity contribution in [2.45, 2.75) is 25.4 Å². The number of likely N-dealkylation sites (tertiary alicyclic amines) is 1. The lowest BCUT2D eigenvalue weighted by Crippen LogP contribution is -2.33. The van der Waals surface area contributed by atoms with Gasteiger partial charge in [0.25, 0.3) is 23.6 Å². The SMILES string of the molecule is COc1nccnc1OC1CCN(C(=O)CCCN2C(=O)c3ccccc3C2=O)C1. The number of hydrogen-bond acceptors (Lipinski definition) is 7. The fourth-order valence-corrected chi connectivity index (χ4v) is 3.73. The van der Waals surface area contributed by atoms with Gasteiger partial charge in [-0.15, -0.1) is 0 Å². The molecule has 2 aliphatic rings. The summed E-state index contributed by atoms with van der Waals surface area (Å²) in [6.07, 6.45) is 4.22. The van der Waals surface area contributed by atoms with Crippen molar-refractivity contribution in [3.05, 3.63) is 47.8 Å². The molecule has 3 amide bonds. The van der Waals surface area contributed by atoms with E-state index < -0.39 is 0 Å². The van der Waals surface area contributed by atoms with Crippen LogP contribution < -0.4 is 9.47 Å². The number of hydrogen-bond donors (Lipinski definition) is 0. The van der Waals surface area contributed by atoms with Gasteiger partial charge in [0.2, 0.25) is 5.91 Å². The van der Waals surface area contributed by atoms with Crippen LogP contribution in [0.5, 0.6) is 11.8 Å². The average Bonchev–Trinajstić information content (AvgIpc) is 3.33. The molecule has 156 valence electrons. The monoisotopic (exact) mass is 410 g/mol. The summed E-state index contributed by atoms with van der Waals surface area (Å²) in [7, 11) is 1.50. The number of carbonyl (C=O) groups excluding carboxylic acids is 3. The second-order valence-electron chi connectivity index (χ2n) is 7.15. The van der Waals surface area contributed by atoms with Crippen LogP contribution in [0.2, 0.25) is 0 Å². The summed E-state index contributed by atoms with van der Waals surface area (Å²) in [5, 5.41) is 0. The van der Waals surface area contributed by atoms with E-state index in [4.69, 9.17) is 9.47 Å². The van der Waals surface area contributed by atoms with Gasteiger partial charge in [-0.25, -0.2) is 9.97 Å². The van der Waals surface area contributed by atoms with E-state index in [1.54, 1.807) is 29.2 Å². The Morgan fingerprint density at radius 3 is 2.43 bits per heavy atom. The molecule has 0 aliphatic carbocycles. The maximum atomic E-state index is 12.6. The lowest BCUT2D eigenvalue weighted by Gasteiger charge is -2.18. The topological polar surface area (TPSA) is 102 Å². The van der Waals surface area contributed by atoms with Crippen LogP contribution in [0.3, 0.4) is 0 Å². The third-order valence-electron chi connectivity index (χ3n) is 5.25. The van der Waals surface area contributed by atoms with Crippen LogP contribution in [0.25, 0.3) is 0 Å². The zero-order valence-electron chi connectivity index (χ0n) is 16.6. The molecular weight excluding hydrogens is 388 g/mol. The van der Waals surface area contributed by atoms with Crippen molar-refractivity contribution in [2.75, 3.05) is 26.7 Å². The van der Waals surface area contributed by atoms with Gasteiger partial charge in [0.05, 0.1) is 24.8 Å². The largest absolute Gasteiger partial charge is 0.477 e. The maximum absolute atomic E-state index is 12.6. The van der Waals surface area contributed by atoms with E-state index in [0.717, 1.165) is 0 Å². The molecule has 2 aromatic rings. The highest BCUT2D eigenvalue weighted by Crippen LogP contribution is 2.25. The standard InChI is InChI=1S/C21H22N4O5/c1-29-18-19(23-10-9-22-18)30-14-8-12-24(13-14)17(26)7-4-11-25-20(27)15-5-2-3-6-16(15)21(25)28/h2-3,5-6,9-10,14H,4,7-8,11-13H2,1H3. The van der Waals surface area contributed by atoms with E-state index in [-0.39, 0.29) is 36.8 Å². The molecule has 1 fully saturated rings. The number of fused-ring (bicyclic) bond motifs is 1. The minimum absolute atomic E-state index is 0.0242. The Hall–Kier alpha value is -3.49. The number of methoxy groups -OCH3 is 1. The van der Waals surface area contributed by atoms with Crippen molar-refractivity contribution >= 4 is 17.7 Å².